The quantitative estimate of drug-likeness (QED) is 0.330. The van der Waals surface area contributed by atoms with E-state index < -0.39 is 0 Å². The van der Waals surface area contributed by atoms with Crippen LogP contribution in [0.3, 0.4) is 0 Å². The molecule has 4 nitrogen and oxygen atoms in total. The number of rotatable bonds is 12. The van der Waals surface area contributed by atoms with Crippen molar-refractivity contribution in [3.63, 3.8) is 0 Å². The van der Waals surface area contributed by atoms with Gasteiger partial charge in [-0.05, 0) is 49.1 Å². The Kier molecular flexibility index (Phi) is 26.0. The summed E-state index contributed by atoms with van der Waals surface area (Å²) in [5.41, 5.74) is 10.5. The summed E-state index contributed by atoms with van der Waals surface area (Å²) in [5, 5.41) is 0.342. The van der Waals surface area contributed by atoms with Gasteiger partial charge in [0.15, 0.2) is 0 Å². The molecule has 0 fully saturated rings. The Labute approximate surface area is 176 Å². The summed E-state index contributed by atoms with van der Waals surface area (Å²) < 4.78 is 10.2. The first-order chi connectivity index (χ1) is 11.4. The molecule has 0 saturated heterocycles. The van der Waals surface area contributed by atoms with Gasteiger partial charge in [0.2, 0.25) is 0 Å². The van der Waals surface area contributed by atoms with Crippen LogP contribution in [0.15, 0.2) is 0 Å². The second kappa shape index (κ2) is 21.9. The van der Waals surface area contributed by atoms with Crippen molar-refractivity contribution in [2.24, 2.45) is 23.3 Å². The monoisotopic (exact) mass is 441 g/mol. The normalized spacial score (nSPS) is 12.0. The molecule has 0 aliphatic carbocycles. The number of hydrogen-bond donors (Lipinski definition) is 2. The van der Waals surface area contributed by atoms with Crippen molar-refractivity contribution in [1.29, 1.82) is 0 Å². The molecule has 0 amide bonds. The van der Waals surface area contributed by atoms with E-state index in [-0.39, 0.29) is 27.4 Å². The predicted molar refractivity (Wildman–Crippen MR) is 112 cm³/mol. The van der Waals surface area contributed by atoms with Crippen LogP contribution in [0.5, 0.6) is 0 Å². The van der Waals surface area contributed by atoms with Crippen LogP contribution in [-0.2, 0) is 26.5 Å². The van der Waals surface area contributed by atoms with Crippen LogP contribution < -0.4 is 11.5 Å². The van der Waals surface area contributed by atoms with E-state index in [4.69, 9.17) is 20.9 Å². The van der Waals surface area contributed by atoms with Crippen molar-refractivity contribution in [2.75, 3.05) is 13.2 Å². The number of unbranched alkanes of at least 4 members (excludes halogenated alkanes) is 2. The first-order valence-corrected chi connectivity index (χ1v) is 10.1. The molecule has 4 N–H and O–H groups in total. The van der Waals surface area contributed by atoms with E-state index in [1.807, 2.05) is 0 Å². The van der Waals surface area contributed by atoms with E-state index in [9.17, 15) is 0 Å². The van der Waals surface area contributed by atoms with Crippen LogP contribution in [0, 0.1) is 11.8 Å². The van der Waals surface area contributed by atoms with E-state index in [0.29, 0.717) is 25.0 Å². The maximum atomic E-state index is 5.23. The van der Waals surface area contributed by atoms with Gasteiger partial charge in [0.25, 0.3) is 10.3 Å². The summed E-state index contributed by atoms with van der Waals surface area (Å²) >= 11 is 9.26. The molecule has 0 spiro atoms. The third-order valence-electron chi connectivity index (χ3n) is 4.01. The van der Waals surface area contributed by atoms with Crippen molar-refractivity contribution < 1.29 is 26.5 Å². The third-order valence-corrected chi connectivity index (χ3v) is 4.24. The minimum atomic E-state index is 0. The molecule has 0 aromatic rings. The maximum absolute atomic E-state index is 5.23. The van der Waals surface area contributed by atoms with Gasteiger partial charge in [-0.3, -0.25) is 0 Å². The van der Waals surface area contributed by atoms with Gasteiger partial charge in [-0.25, -0.2) is 0 Å². The molecule has 0 aromatic heterocycles. The Balaban J connectivity index is -0.000000372. The predicted octanol–water partition coefficient (Wildman–Crippen LogP) is 4.92. The molecule has 0 bridgehead atoms. The third kappa shape index (κ3) is 23.9. The molecule has 2 unspecified atom stereocenters. The molecule has 25 heavy (non-hydrogen) atoms. The van der Waals surface area contributed by atoms with E-state index >= 15 is 0 Å². The zero-order valence-electron chi connectivity index (χ0n) is 16.3. The summed E-state index contributed by atoms with van der Waals surface area (Å²) in [6.07, 6.45) is 9.72. The number of thiocarbonyl (C=S) groups is 2. The summed E-state index contributed by atoms with van der Waals surface area (Å²) in [5.74, 6) is 1.23. The molecule has 0 aliphatic heterocycles. The fraction of sp³-hybridized carbons (Fsp3) is 0.889. The van der Waals surface area contributed by atoms with E-state index in [1.165, 1.54) is 38.5 Å². The van der Waals surface area contributed by atoms with Crippen molar-refractivity contribution in [1.82, 2.24) is 0 Å². The average Bonchev–Trinajstić information content (AvgIpc) is 2.55. The first-order valence-electron chi connectivity index (χ1n) is 9.25. The molecular weight excluding hydrogens is 404 g/mol. The molecule has 0 heterocycles. The fourth-order valence-electron chi connectivity index (χ4n) is 2.20. The molecule has 0 aromatic carbocycles. The summed E-state index contributed by atoms with van der Waals surface area (Å²) in [6, 6.07) is 0. The number of hydrogen-bond acceptors (Lipinski definition) is 4. The van der Waals surface area contributed by atoms with Crippen LogP contribution >= 0.6 is 24.4 Å². The van der Waals surface area contributed by atoms with E-state index in [0.717, 1.165) is 12.8 Å². The summed E-state index contributed by atoms with van der Waals surface area (Å²) in [7, 11) is 0. The van der Waals surface area contributed by atoms with Gasteiger partial charge in [0.05, 0.1) is 13.2 Å². The summed E-state index contributed by atoms with van der Waals surface area (Å²) in [4.78, 5) is 0. The molecule has 0 aliphatic rings. The Morgan fingerprint density at radius 1 is 0.760 bits per heavy atom. The SMILES string of the molecule is CCCCC(CC)COC(N)=S.CCCCC(CC)COC(N)=S.[Cu]. The van der Waals surface area contributed by atoms with Gasteiger partial charge < -0.3 is 20.9 Å². The summed E-state index contributed by atoms with van der Waals surface area (Å²) in [6.45, 7) is 10.1. The van der Waals surface area contributed by atoms with Gasteiger partial charge in [0.1, 0.15) is 0 Å². The van der Waals surface area contributed by atoms with Gasteiger partial charge in [0, 0.05) is 17.1 Å². The second-order valence-electron chi connectivity index (χ2n) is 6.09. The van der Waals surface area contributed by atoms with Crippen LogP contribution in [0.25, 0.3) is 0 Å². The van der Waals surface area contributed by atoms with Crippen molar-refractivity contribution in [3.05, 3.63) is 0 Å². The second-order valence-corrected chi connectivity index (χ2v) is 6.90. The Hall–Kier alpha value is -0.101. The van der Waals surface area contributed by atoms with Gasteiger partial charge in [-0.15, -0.1) is 0 Å². The van der Waals surface area contributed by atoms with Crippen molar-refractivity contribution in [3.8, 4) is 0 Å². The van der Waals surface area contributed by atoms with E-state index in [1.54, 1.807) is 0 Å². The van der Waals surface area contributed by atoms with Gasteiger partial charge >= 0.3 is 0 Å². The Morgan fingerprint density at radius 3 is 1.28 bits per heavy atom. The fourth-order valence-corrected chi connectivity index (χ4v) is 2.33. The average molecular weight is 442 g/mol. The van der Waals surface area contributed by atoms with Crippen LogP contribution in [0.4, 0.5) is 0 Å². The topological polar surface area (TPSA) is 70.5 Å². The molecule has 1 radical (unpaired) electrons. The van der Waals surface area contributed by atoms with Gasteiger partial charge in [-0.1, -0.05) is 66.2 Å². The molecule has 155 valence electrons. The minimum absolute atomic E-state index is 0. The molecular formula is C18H38CuN2O2S2. The smallest absolute Gasteiger partial charge is 0.253 e. The zero-order valence-corrected chi connectivity index (χ0v) is 18.9. The molecule has 0 rings (SSSR count). The van der Waals surface area contributed by atoms with Crippen molar-refractivity contribution in [2.45, 2.75) is 79.1 Å². The first kappa shape index (κ1) is 29.7. The Bertz CT molecular complexity index is 291. The molecule has 7 heteroatoms. The van der Waals surface area contributed by atoms with Gasteiger partial charge in [-0.2, -0.15) is 0 Å². The van der Waals surface area contributed by atoms with Crippen LogP contribution in [0.1, 0.15) is 79.1 Å². The number of nitrogens with two attached hydrogens (primary N) is 2. The maximum Gasteiger partial charge on any atom is 0.253 e. The molecule has 2 atom stereocenters. The van der Waals surface area contributed by atoms with E-state index in [2.05, 4.69) is 52.1 Å². The largest absolute Gasteiger partial charge is 0.471 e. The minimum Gasteiger partial charge on any atom is -0.471 e. The Morgan fingerprint density at radius 2 is 1.08 bits per heavy atom. The van der Waals surface area contributed by atoms with Crippen molar-refractivity contribution >= 4 is 34.8 Å². The zero-order chi connectivity index (χ0) is 18.8. The standard InChI is InChI=1S/2C9H19NOS.Cu/c2*1-3-5-6-8(4-2)7-11-9(10)12;/h2*8H,3-7H2,1-2H3,(H2,10,12);. The van der Waals surface area contributed by atoms with Crippen LogP contribution in [0.2, 0.25) is 0 Å². The number of ether oxygens (including phenoxy) is 2. The van der Waals surface area contributed by atoms with Crippen LogP contribution in [-0.4, -0.2) is 23.6 Å². The molecule has 0 saturated carbocycles.